The maximum Gasteiger partial charge on any atom is 0.407 e. The highest BCUT2D eigenvalue weighted by Crippen LogP contribution is 2.42. The number of carboxylic acid groups (broad SMARTS) is 1. The Hall–Kier alpha value is -2.62. The first-order valence-electron chi connectivity index (χ1n) is 12.5. The van der Waals surface area contributed by atoms with Gasteiger partial charge in [0.2, 0.25) is 0 Å². The summed E-state index contributed by atoms with van der Waals surface area (Å²) < 4.78 is 23.1. The summed E-state index contributed by atoms with van der Waals surface area (Å²) in [6, 6.07) is 12.9. The van der Waals surface area contributed by atoms with Gasteiger partial charge in [0.15, 0.2) is 9.84 Å². The zero-order chi connectivity index (χ0) is 25.9. The van der Waals surface area contributed by atoms with Crippen LogP contribution in [0.3, 0.4) is 0 Å². The molecular formula is C27H36ClN3O5S. The van der Waals surface area contributed by atoms with Crippen LogP contribution in [0.15, 0.2) is 47.4 Å². The van der Waals surface area contributed by atoms with E-state index in [1.165, 1.54) is 28.2 Å². The number of amides is 2. The monoisotopic (exact) mass is 549 g/mol. The van der Waals surface area contributed by atoms with Crippen LogP contribution in [0.1, 0.15) is 58.6 Å². The van der Waals surface area contributed by atoms with Crippen molar-refractivity contribution in [1.82, 2.24) is 15.1 Å². The van der Waals surface area contributed by atoms with E-state index in [9.17, 15) is 23.1 Å². The summed E-state index contributed by atoms with van der Waals surface area (Å²) in [5.74, 6) is 0.308. The fourth-order valence-electron chi connectivity index (χ4n) is 5.61. The third-order valence-electron chi connectivity index (χ3n) is 7.50. The molecule has 1 aliphatic carbocycles. The molecule has 1 heterocycles. The molecule has 0 saturated carbocycles. The van der Waals surface area contributed by atoms with Crippen molar-refractivity contribution in [3.05, 3.63) is 64.7 Å². The number of hydrogen-bond donors (Lipinski definition) is 2. The number of rotatable bonds is 9. The second-order valence-electron chi connectivity index (χ2n) is 9.92. The summed E-state index contributed by atoms with van der Waals surface area (Å²) in [6.07, 6.45) is 5.30. The van der Waals surface area contributed by atoms with Crippen LogP contribution < -0.4 is 5.32 Å². The summed E-state index contributed by atoms with van der Waals surface area (Å²) >= 11 is 0. The molecule has 0 spiro atoms. The lowest BCUT2D eigenvalue weighted by atomic mass is 9.77. The molecule has 8 nitrogen and oxygen atoms in total. The number of halogens is 1. The van der Waals surface area contributed by atoms with E-state index in [0.29, 0.717) is 30.6 Å². The summed E-state index contributed by atoms with van der Waals surface area (Å²) in [5.41, 5.74) is 4.30. The van der Waals surface area contributed by atoms with Gasteiger partial charge in [-0.05, 0) is 86.1 Å². The molecule has 0 radical (unpaired) electrons. The van der Waals surface area contributed by atoms with Crippen molar-refractivity contribution in [2.45, 2.75) is 55.5 Å². The molecule has 1 fully saturated rings. The third-order valence-corrected chi connectivity index (χ3v) is 8.62. The van der Waals surface area contributed by atoms with E-state index in [1.54, 1.807) is 19.2 Å². The van der Waals surface area contributed by atoms with Gasteiger partial charge in [-0.1, -0.05) is 18.2 Å². The smallest absolute Gasteiger partial charge is 0.407 e. The number of carbonyl (C=O) groups excluding carboxylic acids is 1. The minimum absolute atomic E-state index is 0. The van der Waals surface area contributed by atoms with E-state index in [2.05, 4.69) is 28.4 Å². The number of benzene rings is 2. The third kappa shape index (κ3) is 6.83. The Balaban J connectivity index is 0.00000380. The predicted molar refractivity (Wildman–Crippen MR) is 145 cm³/mol. The van der Waals surface area contributed by atoms with Crippen molar-refractivity contribution in [3.8, 4) is 0 Å². The van der Waals surface area contributed by atoms with Crippen LogP contribution >= 0.6 is 12.4 Å². The Kier molecular flexibility index (Phi) is 9.61. The van der Waals surface area contributed by atoms with Gasteiger partial charge in [0, 0.05) is 43.9 Å². The van der Waals surface area contributed by atoms with Gasteiger partial charge < -0.3 is 15.3 Å². The fraction of sp³-hybridized carbons (Fsp3) is 0.481. The van der Waals surface area contributed by atoms with E-state index in [4.69, 9.17) is 0 Å². The highest BCUT2D eigenvalue weighted by Gasteiger charge is 2.38. The van der Waals surface area contributed by atoms with E-state index in [-0.39, 0.29) is 23.2 Å². The quantitative estimate of drug-likeness (QED) is 0.459. The zero-order valence-corrected chi connectivity index (χ0v) is 23.0. The average Bonchev–Trinajstić information content (AvgIpc) is 3.27. The molecule has 10 heteroatoms. The number of unbranched alkanes of at least 4 members (excludes halogenated alkanes) is 1. The molecule has 2 aromatic rings. The molecule has 2 amide bonds. The van der Waals surface area contributed by atoms with Crippen LogP contribution in [0, 0.1) is 0 Å². The molecule has 2 N–H and O–H groups in total. The van der Waals surface area contributed by atoms with Crippen LogP contribution in [0.25, 0.3) is 0 Å². The van der Waals surface area contributed by atoms with Crippen LogP contribution in [-0.4, -0.2) is 74.3 Å². The molecule has 4 rings (SSSR count). The number of carbonyl (C=O) groups is 2. The van der Waals surface area contributed by atoms with Crippen molar-refractivity contribution in [1.29, 1.82) is 0 Å². The zero-order valence-electron chi connectivity index (χ0n) is 21.4. The number of nitrogens with one attached hydrogen (secondary N) is 1. The molecule has 0 aromatic heterocycles. The molecule has 2 atom stereocenters. The van der Waals surface area contributed by atoms with Gasteiger partial charge in [-0.15, -0.1) is 12.4 Å². The maximum atomic E-state index is 12.4. The first kappa shape index (κ1) is 28.9. The minimum atomic E-state index is -3.27. The standard InChI is InChI=1S/C27H35N3O5S.ClH/c1-29(27(32)33)18-20-6-5-7-23-22(20)12-13-25-24(23)14-17-30(25)16-4-3-15-28-26(31)19-8-10-21(11-9-19)36(2,34)35;/h5-11,24-25H,3-4,12-18H2,1-2H3,(H,28,31)(H,32,33);1H/t24-,25+;/m1./s1. The Morgan fingerprint density at radius 1 is 1.11 bits per heavy atom. The van der Waals surface area contributed by atoms with Gasteiger partial charge in [0.1, 0.15) is 0 Å². The number of hydrogen-bond acceptors (Lipinski definition) is 5. The highest BCUT2D eigenvalue weighted by molar-refractivity contribution is 7.90. The van der Waals surface area contributed by atoms with Crippen molar-refractivity contribution in [2.75, 3.05) is 32.9 Å². The molecular weight excluding hydrogens is 514 g/mol. The van der Waals surface area contributed by atoms with E-state index in [0.717, 1.165) is 57.0 Å². The van der Waals surface area contributed by atoms with Gasteiger partial charge >= 0.3 is 6.09 Å². The normalized spacial score (nSPS) is 18.9. The molecule has 1 saturated heterocycles. The minimum Gasteiger partial charge on any atom is -0.465 e. The van der Waals surface area contributed by atoms with Crippen molar-refractivity contribution >= 4 is 34.2 Å². The van der Waals surface area contributed by atoms with Gasteiger partial charge in [-0.3, -0.25) is 9.69 Å². The Labute approximate surface area is 225 Å². The van der Waals surface area contributed by atoms with Crippen molar-refractivity contribution in [3.63, 3.8) is 0 Å². The summed E-state index contributed by atoms with van der Waals surface area (Å²) in [7, 11) is -1.66. The largest absolute Gasteiger partial charge is 0.465 e. The maximum absolute atomic E-state index is 12.4. The average molecular weight is 550 g/mol. The fourth-order valence-corrected chi connectivity index (χ4v) is 6.24. The molecule has 0 bridgehead atoms. The molecule has 1 aliphatic heterocycles. The van der Waals surface area contributed by atoms with Gasteiger partial charge in [-0.25, -0.2) is 13.2 Å². The molecule has 37 heavy (non-hydrogen) atoms. The van der Waals surface area contributed by atoms with E-state index in [1.807, 2.05) is 0 Å². The predicted octanol–water partition coefficient (Wildman–Crippen LogP) is 3.94. The topological polar surface area (TPSA) is 107 Å². The van der Waals surface area contributed by atoms with Gasteiger partial charge in [0.25, 0.3) is 5.91 Å². The Bertz CT molecular complexity index is 1220. The number of nitrogens with zero attached hydrogens (tertiary/aromatic N) is 2. The summed E-state index contributed by atoms with van der Waals surface area (Å²) in [6.45, 7) is 3.06. The Morgan fingerprint density at radius 3 is 2.51 bits per heavy atom. The van der Waals surface area contributed by atoms with Crippen LogP contribution in [0.5, 0.6) is 0 Å². The van der Waals surface area contributed by atoms with Crippen molar-refractivity contribution in [2.24, 2.45) is 0 Å². The van der Waals surface area contributed by atoms with Gasteiger partial charge in [0.05, 0.1) is 4.90 Å². The first-order chi connectivity index (χ1) is 17.1. The van der Waals surface area contributed by atoms with Crippen molar-refractivity contribution < 1.29 is 23.1 Å². The summed E-state index contributed by atoms with van der Waals surface area (Å²) in [5, 5.41) is 12.2. The lowest BCUT2D eigenvalue weighted by molar-refractivity contribution is 0.0952. The van der Waals surface area contributed by atoms with Crippen LogP contribution in [0.2, 0.25) is 0 Å². The second-order valence-corrected chi connectivity index (χ2v) is 11.9. The first-order valence-corrected chi connectivity index (χ1v) is 14.4. The van der Waals surface area contributed by atoms with E-state index < -0.39 is 15.9 Å². The Morgan fingerprint density at radius 2 is 1.84 bits per heavy atom. The number of likely N-dealkylation sites (tertiary alicyclic amines) is 1. The van der Waals surface area contributed by atoms with Crippen LogP contribution in [0.4, 0.5) is 4.79 Å². The lowest BCUT2D eigenvalue weighted by Crippen LogP contribution is -2.36. The number of fused-ring (bicyclic) bond motifs is 3. The lowest BCUT2D eigenvalue weighted by Gasteiger charge is -2.34. The molecule has 2 aliphatic rings. The highest BCUT2D eigenvalue weighted by atomic mass is 35.5. The second kappa shape index (κ2) is 12.3. The van der Waals surface area contributed by atoms with Crippen LogP contribution in [-0.2, 0) is 22.8 Å². The van der Waals surface area contributed by atoms with Gasteiger partial charge in [-0.2, -0.15) is 0 Å². The molecule has 2 aromatic carbocycles. The SMILES string of the molecule is CN(Cc1cccc2c1CC[C@H]1[C@@H]2CCN1CCCCNC(=O)c1ccc(S(C)(=O)=O)cc1)C(=O)O.Cl. The van der Waals surface area contributed by atoms with E-state index >= 15 is 0 Å². The molecule has 202 valence electrons. The number of sulfone groups is 1. The molecule has 0 unspecified atom stereocenters. The summed E-state index contributed by atoms with van der Waals surface area (Å²) in [4.78, 5) is 27.8.